The maximum Gasteiger partial charge on any atom is 0.310 e. The molecule has 1 aromatic carbocycles. The molecule has 0 spiro atoms. The minimum Gasteiger partial charge on any atom is -0.469 e. The third kappa shape index (κ3) is 2.11. The van der Waals surface area contributed by atoms with E-state index in [-0.39, 0.29) is 23.8 Å². The van der Waals surface area contributed by atoms with Gasteiger partial charge in [-0.15, -0.1) is 0 Å². The van der Waals surface area contributed by atoms with Crippen LogP contribution in [-0.4, -0.2) is 36.5 Å². The van der Waals surface area contributed by atoms with Crippen LogP contribution in [0.15, 0.2) is 30.3 Å². The fraction of sp³-hybridized carbons (Fsp3) is 0.375. The van der Waals surface area contributed by atoms with Crippen molar-refractivity contribution < 1.29 is 14.3 Å². The lowest BCUT2D eigenvalue weighted by Crippen LogP contribution is -2.47. The van der Waals surface area contributed by atoms with Crippen LogP contribution < -0.4 is 0 Å². The quantitative estimate of drug-likeness (QED) is 0.735. The molecule has 2 aliphatic heterocycles. The van der Waals surface area contributed by atoms with Crippen LogP contribution >= 0.6 is 0 Å². The average molecular weight is 271 g/mol. The Morgan fingerprint density at radius 1 is 1.30 bits per heavy atom. The summed E-state index contributed by atoms with van der Waals surface area (Å²) in [6.07, 6.45) is 5.64. The van der Waals surface area contributed by atoms with E-state index in [2.05, 4.69) is 6.08 Å². The monoisotopic (exact) mass is 271 g/mol. The van der Waals surface area contributed by atoms with E-state index in [1.54, 1.807) is 4.90 Å². The second-order valence-electron chi connectivity index (χ2n) is 5.27. The molecule has 0 aromatic heterocycles. The summed E-state index contributed by atoms with van der Waals surface area (Å²) >= 11 is 0. The lowest BCUT2D eigenvalue weighted by molar-refractivity contribution is -0.147. The van der Waals surface area contributed by atoms with Crippen molar-refractivity contribution in [1.29, 1.82) is 0 Å². The van der Waals surface area contributed by atoms with Gasteiger partial charge in [0.2, 0.25) is 0 Å². The van der Waals surface area contributed by atoms with E-state index in [9.17, 15) is 9.59 Å². The van der Waals surface area contributed by atoms with Crippen LogP contribution in [0, 0.1) is 5.92 Å². The van der Waals surface area contributed by atoms with Gasteiger partial charge < -0.3 is 9.64 Å². The number of ether oxygens (including phenoxy) is 1. The zero-order valence-corrected chi connectivity index (χ0v) is 11.4. The fourth-order valence-corrected chi connectivity index (χ4v) is 2.99. The van der Waals surface area contributed by atoms with E-state index < -0.39 is 0 Å². The number of rotatable bonds is 1. The van der Waals surface area contributed by atoms with Crippen molar-refractivity contribution in [1.82, 2.24) is 4.90 Å². The molecule has 1 amide bonds. The van der Waals surface area contributed by atoms with Gasteiger partial charge in [0.25, 0.3) is 5.91 Å². The smallest absolute Gasteiger partial charge is 0.310 e. The summed E-state index contributed by atoms with van der Waals surface area (Å²) in [7, 11) is 1.40. The van der Waals surface area contributed by atoms with Crippen molar-refractivity contribution in [2.24, 2.45) is 5.92 Å². The molecular weight excluding hydrogens is 254 g/mol. The summed E-state index contributed by atoms with van der Waals surface area (Å²) in [5, 5.41) is 0. The molecule has 2 aliphatic rings. The van der Waals surface area contributed by atoms with Gasteiger partial charge in [0, 0.05) is 12.1 Å². The summed E-state index contributed by atoms with van der Waals surface area (Å²) in [5.41, 5.74) is 1.65. The summed E-state index contributed by atoms with van der Waals surface area (Å²) < 4.78 is 4.81. The highest BCUT2D eigenvalue weighted by Crippen LogP contribution is 2.29. The normalized spacial score (nSPS) is 24.6. The first-order chi connectivity index (χ1) is 9.70. The van der Waals surface area contributed by atoms with Crippen molar-refractivity contribution in [3.8, 4) is 0 Å². The van der Waals surface area contributed by atoms with Gasteiger partial charge in [0.05, 0.1) is 19.1 Å². The highest BCUT2D eigenvalue weighted by atomic mass is 16.5. The number of nitrogens with zero attached hydrogens (tertiary/aromatic N) is 1. The van der Waals surface area contributed by atoms with Crippen LogP contribution in [0.25, 0.3) is 6.08 Å². The lowest BCUT2D eigenvalue weighted by Gasteiger charge is -2.36. The molecule has 2 atom stereocenters. The molecule has 1 saturated heterocycles. The molecule has 4 heteroatoms. The minimum atomic E-state index is -0.224. The molecule has 20 heavy (non-hydrogen) atoms. The van der Waals surface area contributed by atoms with Crippen molar-refractivity contribution >= 4 is 18.0 Å². The standard InChI is InChI=1S/C16H17NO3/c1-20-16(19)12-7-9-13-8-6-11-4-2-3-5-14(11)15(18)17(13)10-12/h2-6,8,12-13H,7,9-10H2,1H3/t12-,13-/m1/s1. The Morgan fingerprint density at radius 2 is 2.10 bits per heavy atom. The Kier molecular flexibility index (Phi) is 3.30. The topological polar surface area (TPSA) is 46.6 Å². The number of fused-ring (bicyclic) bond motifs is 2. The van der Waals surface area contributed by atoms with Gasteiger partial charge in [-0.3, -0.25) is 9.59 Å². The van der Waals surface area contributed by atoms with E-state index in [1.807, 2.05) is 30.3 Å². The van der Waals surface area contributed by atoms with Crippen LogP contribution in [0.2, 0.25) is 0 Å². The number of hydrogen-bond donors (Lipinski definition) is 0. The first-order valence-electron chi connectivity index (χ1n) is 6.86. The van der Waals surface area contributed by atoms with E-state index >= 15 is 0 Å². The Labute approximate surface area is 118 Å². The van der Waals surface area contributed by atoms with Gasteiger partial charge in [-0.1, -0.05) is 30.4 Å². The molecule has 0 saturated carbocycles. The third-order valence-corrected chi connectivity index (χ3v) is 4.11. The number of carbonyl (C=O) groups is 2. The SMILES string of the molecule is COC(=O)[C@@H]1CC[C@H]2C=Cc3ccccc3C(=O)N2C1. The molecule has 0 radical (unpaired) electrons. The number of piperidine rings is 1. The molecule has 0 unspecified atom stereocenters. The maximum atomic E-state index is 12.7. The molecular formula is C16H17NO3. The Bertz CT molecular complexity index is 579. The second-order valence-corrected chi connectivity index (χ2v) is 5.27. The predicted octanol–water partition coefficient (Wildman–Crippen LogP) is 2.11. The number of benzene rings is 1. The molecule has 0 aliphatic carbocycles. The van der Waals surface area contributed by atoms with Gasteiger partial charge in [-0.05, 0) is 24.5 Å². The Morgan fingerprint density at radius 3 is 2.90 bits per heavy atom. The molecule has 3 rings (SSSR count). The summed E-state index contributed by atoms with van der Waals surface area (Å²) in [6.45, 7) is 0.439. The van der Waals surface area contributed by atoms with Crippen LogP contribution in [0.3, 0.4) is 0 Å². The van der Waals surface area contributed by atoms with Crippen LogP contribution in [0.4, 0.5) is 0 Å². The fourth-order valence-electron chi connectivity index (χ4n) is 2.99. The summed E-state index contributed by atoms with van der Waals surface area (Å²) in [6, 6.07) is 7.66. The molecule has 1 aromatic rings. The highest BCUT2D eigenvalue weighted by Gasteiger charge is 2.36. The molecule has 104 valence electrons. The van der Waals surface area contributed by atoms with E-state index in [0.29, 0.717) is 12.1 Å². The first-order valence-corrected chi connectivity index (χ1v) is 6.86. The van der Waals surface area contributed by atoms with Crippen molar-refractivity contribution in [2.45, 2.75) is 18.9 Å². The van der Waals surface area contributed by atoms with Crippen LogP contribution in [0.1, 0.15) is 28.8 Å². The number of carbonyl (C=O) groups excluding carboxylic acids is 2. The van der Waals surface area contributed by atoms with E-state index in [0.717, 1.165) is 18.4 Å². The van der Waals surface area contributed by atoms with E-state index in [4.69, 9.17) is 4.74 Å². The maximum absolute atomic E-state index is 12.7. The van der Waals surface area contributed by atoms with Crippen molar-refractivity contribution in [2.75, 3.05) is 13.7 Å². The Balaban J connectivity index is 1.92. The van der Waals surface area contributed by atoms with Crippen LogP contribution in [0.5, 0.6) is 0 Å². The van der Waals surface area contributed by atoms with Gasteiger partial charge >= 0.3 is 5.97 Å². The van der Waals surface area contributed by atoms with Crippen LogP contribution in [-0.2, 0) is 9.53 Å². The number of esters is 1. The van der Waals surface area contributed by atoms with E-state index in [1.165, 1.54) is 7.11 Å². The van der Waals surface area contributed by atoms with Gasteiger partial charge in [0.1, 0.15) is 0 Å². The Hall–Kier alpha value is -2.10. The second kappa shape index (κ2) is 5.12. The number of methoxy groups -OCH3 is 1. The number of hydrogen-bond acceptors (Lipinski definition) is 3. The largest absolute Gasteiger partial charge is 0.469 e. The molecule has 0 N–H and O–H groups in total. The molecule has 2 heterocycles. The summed E-state index contributed by atoms with van der Waals surface area (Å²) in [4.78, 5) is 26.2. The number of amides is 1. The average Bonchev–Trinajstić information content (AvgIpc) is 2.64. The summed E-state index contributed by atoms with van der Waals surface area (Å²) in [5.74, 6) is -0.430. The highest BCUT2D eigenvalue weighted by molar-refractivity contribution is 5.99. The molecule has 1 fully saturated rings. The minimum absolute atomic E-state index is 0.00389. The first kappa shape index (κ1) is 12.9. The zero-order chi connectivity index (χ0) is 14.1. The van der Waals surface area contributed by atoms with Gasteiger partial charge in [-0.2, -0.15) is 0 Å². The van der Waals surface area contributed by atoms with Crippen molar-refractivity contribution in [3.05, 3.63) is 41.5 Å². The predicted molar refractivity (Wildman–Crippen MR) is 75.0 cm³/mol. The van der Waals surface area contributed by atoms with Crippen molar-refractivity contribution in [3.63, 3.8) is 0 Å². The molecule has 4 nitrogen and oxygen atoms in total. The van der Waals surface area contributed by atoms with Gasteiger partial charge in [0.15, 0.2) is 0 Å². The third-order valence-electron chi connectivity index (χ3n) is 4.11. The zero-order valence-electron chi connectivity index (χ0n) is 11.4. The lowest BCUT2D eigenvalue weighted by atomic mass is 9.92. The van der Waals surface area contributed by atoms with Gasteiger partial charge in [-0.25, -0.2) is 0 Å². The molecule has 0 bridgehead atoms.